The maximum Gasteiger partial charge on any atom is 0.249 e. The number of amides is 1. The monoisotopic (exact) mass is 396 g/mol. The summed E-state index contributed by atoms with van der Waals surface area (Å²) in [6.07, 6.45) is 7.08. The number of carbonyl (C=O) groups is 1. The summed E-state index contributed by atoms with van der Waals surface area (Å²) in [5, 5.41) is 14.8. The molecule has 0 spiro atoms. The van der Waals surface area contributed by atoms with Crippen LogP contribution in [0.4, 0.5) is 4.39 Å². The summed E-state index contributed by atoms with van der Waals surface area (Å²) in [4.78, 5) is 18.8. The SMILES string of the molecule is Cn1nccc1CC1CCC(C(=O)N2OCC[C@H]2c2cc(F)cc(C#N)c2)CC1. The Kier molecular flexibility index (Phi) is 5.63. The van der Waals surface area contributed by atoms with E-state index in [1.165, 1.54) is 22.9 Å². The molecule has 2 aliphatic rings. The van der Waals surface area contributed by atoms with Gasteiger partial charge in [0.1, 0.15) is 5.82 Å². The fourth-order valence-corrected chi connectivity index (χ4v) is 4.55. The zero-order chi connectivity index (χ0) is 20.4. The van der Waals surface area contributed by atoms with E-state index in [-0.39, 0.29) is 23.4 Å². The second kappa shape index (κ2) is 8.34. The van der Waals surface area contributed by atoms with Crippen molar-refractivity contribution in [3.63, 3.8) is 0 Å². The topological polar surface area (TPSA) is 71.2 Å². The molecule has 0 unspecified atom stereocenters. The first-order valence-electron chi connectivity index (χ1n) is 10.2. The van der Waals surface area contributed by atoms with Crippen LogP contribution in [0, 0.1) is 29.0 Å². The summed E-state index contributed by atoms with van der Waals surface area (Å²) in [7, 11) is 1.96. The number of hydrogen-bond donors (Lipinski definition) is 0. The van der Waals surface area contributed by atoms with E-state index in [9.17, 15) is 9.18 Å². The second-order valence-electron chi connectivity index (χ2n) is 8.05. The minimum absolute atomic E-state index is 0.0192. The lowest BCUT2D eigenvalue weighted by Crippen LogP contribution is -2.36. The van der Waals surface area contributed by atoms with Crippen molar-refractivity contribution < 1.29 is 14.0 Å². The van der Waals surface area contributed by atoms with Crippen LogP contribution in [-0.4, -0.2) is 27.4 Å². The quantitative estimate of drug-likeness (QED) is 0.790. The van der Waals surface area contributed by atoms with Crippen LogP contribution in [0.25, 0.3) is 0 Å². The zero-order valence-electron chi connectivity index (χ0n) is 16.6. The molecule has 1 aliphatic carbocycles. The molecule has 1 aliphatic heterocycles. The van der Waals surface area contributed by atoms with E-state index in [4.69, 9.17) is 10.1 Å². The highest BCUT2D eigenvalue weighted by molar-refractivity contribution is 5.78. The molecule has 2 heterocycles. The van der Waals surface area contributed by atoms with E-state index in [2.05, 4.69) is 5.10 Å². The van der Waals surface area contributed by atoms with Gasteiger partial charge in [0.15, 0.2) is 0 Å². The maximum atomic E-state index is 13.9. The van der Waals surface area contributed by atoms with Gasteiger partial charge in [0.05, 0.1) is 24.3 Å². The van der Waals surface area contributed by atoms with Crippen molar-refractivity contribution in [1.82, 2.24) is 14.8 Å². The van der Waals surface area contributed by atoms with Gasteiger partial charge in [-0.25, -0.2) is 9.45 Å². The van der Waals surface area contributed by atoms with E-state index in [1.807, 2.05) is 30.1 Å². The predicted molar refractivity (Wildman–Crippen MR) is 104 cm³/mol. The second-order valence-corrected chi connectivity index (χ2v) is 8.05. The summed E-state index contributed by atoms with van der Waals surface area (Å²) in [5.74, 6) is 0.0109. The first-order valence-corrected chi connectivity index (χ1v) is 10.2. The van der Waals surface area contributed by atoms with Gasteiger partial charge >= 0.3 is 0 Å². The van der Waals surface area contributed by atoms with Crippen LogP contribution in [0.15, 0.2) is 30.5 Å². The molecule has 1 aromatic carbocycles. The van der Waals surface area contributed by atoms with Crippen molar-refractivity contribution in [3.8, 4) is 6.07 Å². The van der Waals surface area contributed by atoms with Gasteiger partial charge in [-0.15, -0.1) is 0 Å². The Bertz CT molecular complexity index is 927. The van der Waals surface area contributed by atoms with E-state index in [0.29, 0.717) is 24.5 Å². The number of nitrogens with zero attached hydrogens (tertiary/aromatic N) is 4. The number of hydroxylamine groups is 2. The number of nitriles is 1. The Morgan fingerprint density at radius 1 is 1.28 bits per heavy atom. The summed E-state index contributed by atoms with van der Waals surface area (Å²) in [6.45, 7) is 0.421. The number of carbonyl (C=O) groups excluding carboxylic acids is 1. The van der Waals surface area contributed by atoms with Crippen LogP contribution in [0.1, 0.15) is 55.0 Å². The largest absolute Gasteiger partial charge is 0.273 e. The van der Waals surface area contributed by atoms with Crippen molar-refractivity contribution in [2.75, 3.05) is 6.61 Å². The molecule has 0 N–H and O–H groups in total. The minimum Gasteiger partial charge on any atom is -0.273 e. The normalized spacial score (nSPS) is 24.4. The molecule has 29 heavy (non-hydrogen) atoms. The number of aromatic nitrogens is 2. The number of rotatable bonds is 4. The molecule has 1 aromatic heterocycles. The Balaban J connectivity index is 1.40. The summed E-state index contributed by atoms with van der Waals surface area (Å²) < 4.78 is 15.8. The van der Waals surface area contributed by atoms with Crippen LogP contribution >= 0.6 is 0 Å². The van der Waals surface area contributed by atoms with E-state index < -0.39 is 5.82 Å². The summed E-state index contributed by atoms with van der Waals surface area (Å²) in [5.41, 5.74) is 2.11. The lowest BCUT2D eigenvalue weighted by Gasteiger charge is -2.32. The molecule has 6 nitrogen and oxygen atoms in total. The first-order chi connectivity index (χ1) is 14.0. The third-order valence-electron chi connectivity index (χ3n) is 6.17. The van der Waals surface area contributed by atoms with E-state index >= 15 is 0 Å². The average molecular weight is 396 g/mol. The van der Waals surface area contributed by atoms with Gasteiger partial charge in [-0.1, -0.05) is 0 Å². The smallest absolute Gasteiger partial charge is 0.249 e. The lowest BCUT2D eigenvalue weighted by atomic mass is 9.79. The molecule has 1 atom stereocenters. The molecule has 2 aromatic rings. The van der Waals surface area contributed by atoms with Crippen molar-refractivity contribution in [1.29, 1.82) is 5.26 Å². The van der Waals surface area contributed by atoms with Gasteiger partial charge in [-0.2, -0.15) is 10.4 Å². The Morgan fingerprint density at radius 3 is 2.76 bits per heavy atom. The molecule has 2 fully saturated rings. The standard InChI is InChI=1S/C22H25FN4O2/c1-26-20(6-8-25-26)12-15-2-4-17(5-3-15)22(28)27-21(7-9-29-27)18-10-16(14-24)11-19(23)13-18/h6,8,10-11,13,15,17,21H,2-5,7,9,12H2,1H3/t15?,17?,21-/m0/s1. The Morgan fingerprint density at radius 2 is 2.07 bits per heavy atom. The first kappa shape index (κ1) is 19.6. The third kappa shape index (κ3) is 4.18. The Hall–Kier alpha value is -2.72. The Labute approximate surface area is 169 Å². The molecule has 0 bridgehead atoms. The number of benzene rings is 1. The number of hydrogen-bond acceptors (Lipinski definition) is 4. The van der Waals surface area contributed by atoms with Crippen LogP contribution < -0.4 is 0 Å². The molecule has 0 radical (unpaired) electrons. The van der Waals surface area contributed by atoms with Crippen molar-refractivity contribution in [3.05, 3.63) is 53.1 Å². The van der Waals surface area contributed by atoms with Gasteiger partial charge in [0.2, 0.25) is 5.91 Å². The minimum atomic E-state index is -0.464. The number of halogens is 1. The molecule has 7 heteroatoms. The molecule has 1 saturated heterocycles. The lowest BCUT2D eigenvalue weighted by molar-refractivity contribution is -0.183. The average Bonchev–Trinajstić information content (AvgIpc) is 3.37. The summed E-state index contributed by atoms with van der Waals surface area (Å²) in [6, 6.07) is 7.93. The van der Waals surface area contributed by atoms with Crippen molar-refractivity contribution in [2.45, 2.75) is 44.6 Å². The fourth-order valence-electron chi connectivity index (χ4n) is 4.55. The predicted octanol–water partition coefficient (Wildman–Crippen LogP) is 3.68. The molecular formula is C22H25FN4O2. The fraction of sp³-hybridized carbons (Fsp3) is 0.500. The molecular weight excluding hydrogens is 371 g/mol. The number of aryl methyl sites for hydroxylation is 1. The van der Waals surface area contributed by atoms with Gasteiger partial charge in [0.25, 0.3) is 0 Å². The van der Waals surface area contributed by atoms with Crippen LogP contribution in [0.5, 0.6) is 0 Å². The third-order valence-corrected chi connectivity index (χ3v) is 6.17. The van der Waals surface area contributed by atoms with Crippen LogP contribution in [0.2, 0.25) is 0 Å². The highest BCUT2D eigenvalue weighted by Gasteiger charge is 2.37. The molecule has 1 amide bonds. The van der Waals surface area contributed by atoms with Gasteiger partial charge in [-0.3, -0.25) is 14.3 Å². The van der Waals surface area contributed by atoms with Gasteiger partial charge in [0, 0.05) is 31.3 Å². The molecule has 152 valence electrons. The van der Waals surface area contributed by atoms with E-state index in [0.717, 1.165) is 32.1 Å². The maximum absolute atomic E-state index is 13.9. The van der Waals surface area contributed by atoms with Crippen molar-refractivity contribution >= 4 is 5.91 Å². The van der Waals surface area contributed by atoms with Gasteiger partial charge in [-0.05, 0) is 67.9 Å². The van der Waals surface area contributed by atoms with Gasteiger partial charge < -0.3 is 0 Å². The summed E-state index contributed by atoms with van der Waals surface area (Å²) >= 11 is 0. The van der Waals surface area contributed by atoms with Crippen LogP contribution in [0.3, 0.4) is 0 Å². The molecule has 4 rings (SSSR count). The van der Waals surface area contributed by atoms with E-state index in [1.54, 1.807) is 6.07 Å². The highest BCUT2D eigenvalue weighted by atomic mass is 19.1. The molecule has 1 saturated carbocycles. The van der Waals surface area contributed by atoms with Crippen molar-refractivity contribution in [2.24, 2.45) is 18.9 Å². The highest BCUT2D eigenvalue weighted by Crippen LogP contribution is 2.37. The zero-order valence-corrected chi connectivity index (χ0v) is 16.6. The van der Waals surface area contributed by atoms with Crippen LogP contribution in [-0.2, 0) is 23.1 Å².